The van der Waals surface area contributed by atoms with Crippen molar-refractivity contribution in [1.29, 1.82) is 0 Å². The number of amides is 1. The molecule has 0 radical (unpaired) electrons. The molecule has 25 heavy (non-hydrogen) atoms. The van der Waals surface area contributed by atoms with E-state index in [9.17, 15) is 14.7 Å². The lowest BCUT2D eigenvalue weighted by Gasteiger charge is -2.33. The monoisotopic (exact) mass is 347 g/mol. The number of aliphatic hydroxyl groups is 1. The number of hydrogen-bond acceptors (Lipinski definition) is 4. The summed E-state index contributed by atoms with van der Waals surface area (Å²) in [4.78, 5) is 26.3. The second-order valence-electron chi connectivity index (χ2n) is 6.98. The predicted molar refractivity (Wildman–Crippen MR) is 95.7 cm³/mol. The van der Waals surface area contributed by atoms with E-state index in [1.54, 1.807) is 11.9 Å². The zero-order valence-corrected chi connectivity index (χ0v) is 15.4. The Hall–Kier alpha value is -1.88. The lowest BCUT2D eigenvalue weighted by Crippen LogP contribution is -2.41. The van der Waals surface area contributed by atoms with Crippen LogP contribution in [0.4, 0.5) is 0 Å². The van der Waals surface area contributed by atoms with Crippen LogP contribution in [-0.2, 0) is 14.3 Å². The van der Waals surface area contributed by atoms with Gasteiger partial charge in [0.25, 0.3) is 0 Å². The van der Waals surface area contributed by atoms with Gasteiger partial charge in [0.2, 0.25) is 5.91 Å². The third kappa shape index (κ3) is 4.82. The molecular formula is C20H29NO4. The van der Waals surface area contributed by atoms with Crippen LogP contribution in [0.3, 0.4) is 0 Å². The summed E-state index contributed by atoms with van der Waals surface area (Å²) in [5.74, 6) is -0.413. The Kier molecular flexibility index (Phi) is 7.00. The first-order chi connectivity index (χ1) is 12.0. The lowest BCUT2D eigenvalue weighted by atomic mass is 9.77. The van der Waals surface area contributed by atoms with Crippen molar-refractivity contribution in [3.05, 3.63) is 35.9 Å². The van der Waals surface area contributed by atoms with Crippen LogP contribution in [0, 0.1) is 11.8 Å². The fourth-order valence-electron chi connectivity index (χ4n) is 3.65. The maximum atomic E-state index is 12.7. The molecule has 1 aliphatic carbocycles. The van der Waals surface area contributed by atoms with Crippen LogP contribution >= 0.6 is 0 Å². The molecule has 5 heteroatoms. The van der Waals surface area contributed by atoms with E-state index in [-0.39, 0.29) is 29.8 Å². The molecule has 2 rings (SSSR count). The van der Waals surface area contributed by atoms with E-state index in [2.05, 4.69) is 0 Å². The Morgan fingerprint density at radius 1 is 1.24 bits per heavy atom. The fourth-order valence-corrected chi connectivity index (χ4v) is 3.65. The Labute approximate surface area is 150 Å². The Balaban J connectivity index is 1.99. The molecule has 0 saturated heterocycles. The molecule has 0 aliphatic heterocycles. The minimum absolute atomic E-state index is 0.0252. The van der Waals surface area contributed by atoms with Crippen LogP contribution < -0.4 is 0 Å². The van der Waals surface area contributed by atoms with E-state index in [4.69, 9.17) is 4.74 Å². The minimum Gasteiger partial charge on any atom is -0.469 e. The topological polar surface area (TPSA) is 66.8 Å². The lowest BCUT2D eigenvalue weighted by molar-refractivity contribution is -0.149. The highest BCUT2D eigenvalue weighted by molar-refractivity contribution is 5.78. The van der Waals surface area contributed by atoms with Gasteiger partial charge in [-0.3, -0.25) is 9.59 Å². The van der Waals surface area contributed by atoms with Crippen molar-refractivity contribution in [2.75, 3.05) is 14.2 Å². The van der Waals surface area contributed by atoms with Crippen LogP contribution in [0.25, 0.3) is 0 Å². The van der Waals surface area contributed by atoms with Crippen LogP contribution in [-0.4, -0.2) is 42.1 Å². The first-order valence-corrected chi connectivity index (χ1v) is 9.02. The van der Waals surface area contributed by atoms with Gasteiger partial charge >= 0.3 is 5.97 Å². The van der Waals surface area contributed by atoms with E-state index in [0.29, 0.717) is 6.42 Å². The number of likely N-dealkylation sites (N-methyl/N-ethyl adjacent to an activating group) is 1. The molecule has 1 aromatic carbocycles. The van der Waals surface area contributed by atoms with E-state index >= 15 is 0 Å². The van der Waals surface area contributed by atoms with Gasteiger partial charge < -0.3 is 14.7 Å². The summed E-state index contributed by atoms with van der Waals surface area (Å²) < 4.78 is 4.90. The number of ether oxygens (including phenoxy) is 1. The number of carbonyl (C=O) groups is 2. The molecule has 0 aromatic heterocycles. The predicted octanol–water partition coefficient (Wildman–Crippen LogP) is 2.94. The molecule has 0 heterocycles. The van der Waals surface area contributed by atoms with Crippen molar-refractivity contribution in [2.45, 2.75) is 51.2 Å². The average molecular weight is 347 g/mol. The minimum atomic E-state index is -0.738. The van der Waals surface area contributed by atoms with Crippen molar-refractivity contribution < 1.29 is 19.4 Å². The third-order valence-electron chi connectivity index (χ3n) is 5.45. The standard InChI is InChI=1S/C20H29NO4/c1-14(19(23)15-9-5-4-6-10-15)21(2)18(22)13-16-11-7-8-12-17(16)20(24)25-3/h4-6,9-10,14,16-17,19,23H,7-8,11-13H2,1-3H3/t14-,16+,17-,19+/m0/s1. The van der Waals surface area contributed by atoms with Crippen molar-refractivity contribution in [3.8, 4) is 0 Å². The Morgan fingerprint density at radius 3 is 2.52 bits per heavy atom. The normalized spacial score (nSPS) is 22.7. The van der Waals surface area contributed by atoms with E-state index < -0.39 is 6.10 Å². The van der Waals surface area contributed by atoms with Gasteiger partial charge in [-0.25, -0.2) is 0 Å². The number of nitrogens with zero attached hydrogens (tertiary/aromatic N) is 1. The van der Waals surface area contributed by atoms with Gasteiger partial charge in [-0.15, -0.1) is 0 Å². The zero-order valence-electron chi connectivity index (χ0n) is 15.4. The highest BCUT2D eigenvalue weighted by Gasteiger charge is 2.34. The number of carbonyl (C=O) groups excluding carboxylic acids is 2. The number of rotatable bonds is 6. The summed E-state index contributed by atoms with van der Waals surface area (Å²) in [6, 6.07) is 9.01. The van der Waals surface area contributed by atoms with Gasteiger partial charge in [0.15, 0.2) is 0 Å². The maximum Gasteiger partial charge on any atom is 0.308 e. The molecular weight excluding hydrogens is 318 g/mol. The van der Waals surface area contributed by atoms with Crippen LogP contribution in [0.1, 0.15) is 50.7 Å². The van der Waals surface area contributed by atoms with Crippen LogP contribution in [0.5, 0.6) is 0 Å². The maximum absolute atomic E-state index is 12.7. The smallest absolute Gasteiger partial charge is 0.308 e. The molecule has 0 bridgehead atoms. The molecule has 1 saturated carbocycles. The molecule has 0 unspecified atom stereocenters. The highest BCUT2D eigenvalue weighted by atomic mass is 16.5. The van der Waals surface area contributed by atoms with Gasteiger partial charge in [0.1, 0.15) is 0 Å². The number of benzene rings is 1. The summed E-state index contributed by atoms with van der Waals surface area (Å²) in [5, 5.41) is 10.5. The van der Waals surface area contributed by atoms with Crippen LogP contribution in [0.15, 0.2) is 30.3 Å². The molecule has 1 amide bonds. The Morgan fingerprint density at radius 2 is 1.88 bits per heavy atom. The quantitative estimate of drug-likeness (QED) is 0.804. The fraction of sp³-hybridized carbons (Fsp3) is 0.600. The summed E-state index contributed by atoms with van der Waals surface area (Å²) >= 11 is 0. The zero-order chi connectivity index (χ0) is 18.4. The first kappa shape index (κ1) is 19.4. The Bertz CT molecular complexity index is 574. The molecule has 138 valence electrons. The van der Waals surface area contributed by atoms with Gasteiger partial charge in [0.05, 0.1) is 25.2 Å². The van der Waals surface area contributed by atoms with Gasteiger partial charge in [0, 0.05) is 13.5 Å². The summed E-state index contributed by atoms with van der Waals surface area (Å²) in [6.45, 7) is 1.84. The summed E-state index contributed by atoms with van der Waals surface area (Å²) in [7, 11) is 3.12. The average Bonchev–Trinajstić information content (AvgIpc) is 2.66. The molecule has 1 aromatic rings. The number of methoxy groups -OCH3 is 1. The van der Waals surface area contributed by atoms with Crippen LogP contribution in [0.2, 0.25) is 0 Å². The van der Waals surface area contributed by atoms with E-state index in [1.807, 2.05) is 37.3 Å². The molecule has 1 N–H and O–H groups in total. The largest absolute Gasteiger partial charge is 0.469 e. The number of aliphatic hydroxyl groups excluding tert-OH is 1. The van der Waals surface area contributed by atoms with E-state index in [0.717, 1.165) is 31.2 Å². The first-order valence-electron chi connectivity index (χ1n) is 9.02. The number of esters is 1. The second-order valence-corrected chi connectivity index (χ2v) is 6.98. The highest BCUT2D eigenvalue weighted by Crippen LogP contribution is 2.34. The van der Waals surface area contributed by atoms with Crippen molar-refractivity contribution in [3.63, 3.8) is 0 Å². The molecule has 0 spiro atoms. The third-order valence-corrected chi connectivity index (χ3v) is 5.45. The van der Waals surface area contributed by atoms with Crippen molar-refractivity contribution in [1.82, 2.24) is 4.90 Å². The molecule has 1 aliphatic rings. The van der Waals surface area contributed by atoms with Gasteiger partial charge in [-0.1, -0.05) is 43.2 Å². The van der Waals surface area contributed by atoms with Gasteiger partial charge in [-0.2, -0.15) is 0 Å². The van der Waals surface area contributed by atoms with Crippen molar-refractivity contribution >= 4 is 11.9 Å². The second kappa shape index (κ2) is 8.99. The molecule has 1 fully saturated rings. The number of hydrogen-bond donors (Lipinski definition) is 1. The molecule has 5 nitrogen and oxygen atoms in total. The summed E-state index contributed by atoms with van der Waals surface area (Å²) in [5.41, 5.74) is 0.791. The van der Waals surface area contributed by atoms with E-state index in [1.165, 1.54) is 7.11 Å². The van der Waals surface area contributed by atoms with Crippen molar-refractivity contribution in [2.24, 2.45) is 11.8 Å². The SMILES string of the molecule is COC(=O)[C@H]1CCCC[C@@H]1CC(=O)N(C)[C@@H](C)[C@@H](O)c1ccccc1. The van der Waals surface area contributed by atoms with Gasteiger partial charge in [-0.05, 0) is 31.2 Å². The molecule has 4 atom stereocenters. The summed E-state index contributed by atoms with van der Waals surface area (Å²) in [6.07, 6.45) is 3.28.